The highest BCUT2D eigenvalue weighted by molar-refractivity contribution is 7.99. The Bertz CT molecular complexity index is 465. The molecule has 1 aromatic carbocycles. The van der Waals surface area contributed by atoms with Gasteiger partial charge in [-0.2, -0.15) is 0 Å². The molecule has 0 saturated carbocycles. The first-order chi connectivity index (χ1) is 9.70. The number of thioether (sulfide) groups is 1. The van der Waals surface area contributed by atoms with Crippen LogP contribution >= 0.6 is 35.8 Å². The Kier molecular flexibility index (Phi) is 8.49. The van der Waals surface area contributed by atoms with Crippen LogP contribution in [0.25, 0.3) is 0 Å². The quantitative estimate of drug-likeness (QED) is 0.798. The van der Waals surface area contributed by atoms with Crippen molar-refractivity contribution >= 4 is 41.7 Å². The summed E-state index contributed by atoms with van der Waals surface area (Å²) in [7, 11) is 0. The summed E-state index contributed by atoms with van der Waals surface area (Å²) in [6, 6.07) is 5.52. The fraction of sp³-hybridized carbons (Fsp3) is 0.533. The predicted octanol–water partition coefficient (Wildman–Crippen LogP) is 3.60. The highest BCUT2D eigenvalue weighted by atomic mass is 35.5. The molecule has 0 aliphatic carbocycles. The first-order valence-corrected chi connectivity index (χ1v) is 8.48. The van der Waals surface area contributed by atoms with E-state index in [9.17, 15) is 4.79 Å². The van der Waals surface area contributed by atoms with Crippen molar-refractivity contribution in [3.63, 3.8) is 0 Å². The number of hydrogen-bond donors (Lipinski definition) is 2. The number of halogens is 2. The molecule has 1 amide bonds. The lowest BCUT2D eigenvalue weighted by atomic mass is 9.99. The molecule has 6 heteroatoms. The Balaban J connectivity index is 0.00000220. The monoisotopic (exact) mass is 348 g/mol. The molecular formula is C15H22Cl2N2OS. The zero-order valence-electron chi connectivity index (χ0n) is 12.2. The van der Waals surface area contributed by atoms with E-state index in [2.05, 4.69) is 17.6 Å². The van der Waals surface area contributed by atoms with Crippen molar-refractivity contribution in [3.05, 3.63) is 28.8 Å². The number of carbonyl (C=O) groups is 1. The van der Waals surface area contributed by atoms with Crippen molar-refractivity contribution in [1.29, 1.82) is 0 Å². The van der Waals surface area contributed by atoms with Crippen molar-refractivity contribution in [2.45, 2.75) is 24.7 Å². The topological polar surface area (TPSA) is 41.1 Å². The normalized spacial score (nSPS) is 17.9. The van der Waals surface area contributed by atoms with Crippen molar-refractivity contribution < 1.29 is 4.79 Å². The zero-order valence-corrected chi connectivity index (χ0v) is 14.5. The first kappa shape index (κ1) is 18.6. The van der Waals surface area contributed by atoms with Gasteiger partial charge in [-0.3, -0.25) is 4.79 Å². The van der Waals surface area contributed by atoms with Gasteiger partial charge < -0.3 is 10.6 Å². The molecule has 1 heterocycles. The van der Waals surface area contributed by atoms with Gasteiger partial charge in [0, 0.05) is 16.5 Å². The maximum absolute atomic E-state index is 12.3. The average Bonchev–Trinajstić information content (AvgIpc) is 2.48. The fourth-order valence-corrected chi connectivity index (χ4v) is 3.35. The minimum Gasteiger partial charge on any atom is -0.352 e. The summed E-state index contributed by atoms with van der Waals surface area (Å²) in [6.07, 6.45) is 2.37. The van der Waals surface area contributed by atoms with E-state index in [1.807, 2.05) is 12.1 Å². The summed E-state index contributed by atoms with van der Waals surface area (Å²) in [5, 5.41) is 7.01. The Morgan fingerprint density at radius 2 is 2.33 bits per heavy atom. The van der Waals surface area contributed by atoms with E-state index in [1.165, 1.54) is 12.8 Å². The van der Waals surface area contributed by atoms with Crippen molar-refractivity contribution in [3.8, 4) is 0 Å². The Hall–Kier alpha value is -0.420. The number of carbonyl (C=O) groups excluding carboxylic acids is 1. The molecular weight excluding hydrogens is 327 g/mol. The van der Waals surface area contributed by atoms with Crippen LogP contribution in [-0.4, -0.2) is 31.3 Å². The van der Waals surface area contributed by atoms with E-state index in [-0.39, 0.29) is 18.3 Å². The van der Waals surface area contributed by atoms with Crippen LogP contribution in [0.3, 0.4) is 0 Å². The number of piperidine rings is 1. The molecule has 21 heavy (non-hydrogen) atoms. The summed E-state index contributed by atoms with van der Waals surface area (Å²) in [5.74, 6) is 1.46. The molecule has 1 aliphatic rings. The molecule has 3 nitrogen and oxygen atoms in total. The summed E-state index contributed by atoms with van der Waals surface area (Å²) in [5.41, 5.74) is 0.688. The maximum Gasteiger partial charge on any atom is 0.252 e. The second-order valence-corrected chi connectivity index (χ2v) is 6.74. The van der Waals surface area contributed by atoms with E-state index in [4.69, 9.17) is 11.6 Å². The van der Waals surface area contributed by atoms with Gasteiger partial charge in [-0.25, -0.2) is 0 Å². The van der Waals surface area contributed by atoms with Crippen LogP contribution in [0, 0.1) is 5.92 Å². The first-order valence-electron chi connectivity index (χ1n) is 7.12. The van der Waals surface area contributed by atoms with Gasteiger partial charge in [-0.1, -0.05) is 18.5 Å². The van der Waals surface area contributed by atoms with Gasteiger partial charge in [0.1, 0.15) is 0 Å². The second-order valence-electron chi connectivity index (χ2n) is 5.00. The van der Waals surface area contributed by atoms with Crippen molar-refractivity contribution in [2.24, 2.45) is 5.92 Å². The SMILES string of the molecule is CCSc1ccc(Cl)cc1C(=O)NCC1CCCNC1.Cl. The molecule has 0 radical (unpaired) electrons. The van der Waals surface area contributed by atoms with Gasteiger partial charge in [-0.15, -0.1) is 24.2 Å². The van der Waals surface area contributed by atoms with Crippen LogP contribution in [0.1, 0.15) is 30.1 Å². The smallest absolute Gasteiger partial charge is 0.252 e. The third-order valence-corrected chi connectivity index (χ3v) is 4.63. The lowest BCUT2D eigenvalue weighted by Gasteiger charge is -2.23. The molecule has 1 unspecified atom stereocenters. The standard InChI is InChI=1S/C15H21ClN2OS.ClH/c1-2-20-14-6-5-12(16)8-13(14)15(19)18-10-11-4-3-7-17-9-11;/h5-6,8,11,17H,2-4,7,9-10H2,1H3,(H,18,19);1H. The number of rotatable bonds is 5. The van der Waals surface area contributed by atoms with E-state index in [0.717, 1.165) is 30.3 Å². The molecule has 1 aliphatic heterocycles. The summed E-state index contributed by atoms with van der Waals surface area (Å²) < 4.78 is 0. The minimum atomic E-state index is -0.0194. The van der Waals surface area contributed by atoms with Gasteiger partial charge in [0.25, 0.3) is 5.91 Å². The molecule has 0 spiro atoms. The van der Waals surface area contributed by atoms with E-state index >= 15 is 0 Å². The Morgan fingerprint density at radius 3 is 3.00 bits per heavy atom. The largest absolute Gasteiger partial charge is 0.352 e. The third kappa shape index (κ3) is 5.70. The number of hydrogen-bond acceptors (Lipinski definition) is 3. The second kappa shape index (κ2) is 9.57. The molecule has 2 rings (SSSR count). The van der Waals surface area contributed by atoms with Gasteiger partial charge in [0.15, 0.2) is 0 Å². The predicted molar refractivity (Wildman–Crippen MR) is 93.0 cm³/mol. The highest BCUT2D eigenvalue weighted by Crippen LogP contribution is 2.25. The number of benzene rings is 1. The summed E-state index contributed by atoms with van der Waals surface area (Å²) in [6.45, 7) is 4.89. The fourth-order valence-electron chi connectivity index (χ4n) is 2.39. The highest BCUT2D eigenvalue weighted by Gasteiger charge is 2.16. The van der Waals surface area contributed by atoms with Crippen molar-refractivity contribution in [2.75, 3.05) is 25.4 Å². The van der Waals surface area contributed by atoms with Crippen LogP contribution in [0.2, 0.25) is 5.02 Å². The van der Waals surface area contributed by atoms with Gasteiger partial charge in [-0.05, 0) is 55.8 Å². The Labute approximate surface area is 142 Å². The van der Waals surface area contributed by atoms with Crippen LogP contribution in [0.15, 0.2) is 23.1 Å². The molecule has 1 aromatic rings. The van der Waals surface area contributed by atoms with Crippen molar-refractivity contribution in [1.82, 2.24) is 10.6 Å². The lowest BCUT2D eigenvalue weighted by molar-refractivity contribution is 0.0942. The zero-order chi connectivity index (χ0) is 14.4. The van der Waals surface area contributed by atoms with Crippen LogP contribution in [0.5, 0.6) is 0 Å². The Morgan fingerprint density at radius 1 is 1.52 bits per heavy atom. The number of nitrogens with one attached hydrogen (secondary N) is 2. The van der Waals surface area contributed by atoms with E-state index < -0.39 is 0 Å². The molecule has 118 valence electrons. The van der Waals surface area contributed by atoms with Crippen LogP contribution < -0.4 is 10.6 Å². The van der Waals surface area contributed by atoms with E-state index in [1.54, 1.807) is 17.8 Å². The average molecular weight is 349 g/mol. The van der Waals surface area contributed by atoms with Crippen LogP contribution in [0.4, 0.5) is 0 Å². The van der Waals surface area contributed by atoms with Gasteiger partial charge in [0.2, 0.25) is 0 Å². The molecule has 2 N–H and O–H groups in total. The summed E-state index contributed by atoms with van der Waals surface area (Å²) in [4.78, 5) is 13.3. The maximum atomic E-state index is 12.3. The lowest BCUT2D eigenvalue weighted by Crippen LogP contribution is -2.38. The summed E-state index contributed by atoms with van der Waals surface area (Å²) >= 11 is 7.68. The third-order valence-electron chi connectivity index (χ3n) is 3.44. The van der Waals surface area contributed by atoms with Gasteiger partial charge in [0.05, 0.1) is 5.56 Å². The van der Waals surface area contributed by atoms with Crippen LogP contribution in [-0.2, 0) is 0 Å². The van der Waals surface area contributed by atoms with Gasteiger partial charge >= 0.3 is 0 Å². The molecule has 0 aromatic heterocycles. The molecule has 1 fully saturated rings. The minimum absolute atomic E-state index is 0. The molecule has 1 saturated heterocycles. The number of amides is 1. The molecule has 0 bridgehead atoms. The molecule has 1 atom stereocenters. The van der Waals surface area contributed by atoms with E-state index in [0.29, 0.717) is 16.5 Å².